The molecule has 2 rings (SSSR count). The average molecular weight is 301 g/mol. The average Bonchev–Trinajstić information content (AvgIpc) is 2.49. The summed E-state index contributed by atoms with van der Waals surface area (Å²) < 4.78 is 5.64. The van der Waals surface area contributed by atoms with Gasteiger partial charge in [0.05, 0.1) is 22.9 Å². The van der Waals surface area contributed by atoms with E-state index in [0.29, 0.717) is 29.5 Å². The smallest absolute Gasteiger partial charge is 0.144 e. The lowest BCUT2D eigenvalue weighted by Gasteiger charge is -2.24. The van der Waals surface area contributed by atoms with Gasteiger partial charge in [0.1, 0.15) is 11.8 Å². The van der Waals surface area contributed by atoms with Crippen molar-refractivity contribution in [3.8, 4) is 11.8 Å². The molecule has 0 bridgehead atoms. The van der Waals surface area contributed by atoms with Gasteiger partial charge in [0.2, 0.25) is 0 Å². The van der Waals surface area contributed by atoms with Crippen molar-refractivity contribution in [2.45, 2.75) is 13.5 Å². The topological polar surface area (TPSA) is 36.3 Å². The second-order valence-electron chi connectivity index (χ2n) is 4.66. The molecule has 0 aromatic heterocycles. The number of anilines is 1. The highest BCUT2D eigenvalue weighted by atomic mass is 35.5. The Morgan fingerprint density at radius 3 is 2.52 bits per heavy atom. The number of ether oxygens (including phenoxy) is 1. The maximum Gasteiger partial charge on any atom is 0.144 e. The SMILES string of the molecule is CCOc1ccc(Cl)c(C#N)c1N(C)Cc1ccccc1. The van der Waals surface area contributed by atoms with Gasteiger partial charge < -0.3 is 9.64 Å². The highest BCUT2D eigenvalue weighted by Gasteiger charge is 2.17. The third-order valence-electron chi connectivity index (χ3n) is 3.15. The van der Waals surface area contributed by atoms with Crippen LogP contribution < -0.4 is 9.64 Å². The zero-order chi connectivity index (χ0) is 15.2. The van der Waals surface area contributed by atoms with E-state index in [-0.39, 0.29) is 0 Å². The van der Waals surface area contributed by atoms with E-state index < -0.39 is 0 Å². The van der Waals surface area contributed by atoms with Crippen LogP contribution in [-0.4, -0.2) is 13.7 Å². The minimum absolute atomic E-state index is 0.441. The second-order valence-corrected chi connectivity index (χ2v) is 5.06. The van der Waals surface area contributed by atoms with Crippen molar-refractivity contribution in [1.29, 1.82) is 5.26 Å². The molecule has 0 spiro atoms. The summed E-state index contributed by atoms with van der Waals surface area (Å²) in [6, 6.07) is 15.8. The Labute approximate surface area is 130 Å². The van der Waals surface area contributed by atoms with Crippen LogP contribution >= 0.6 is 11.6 Å². The number of benzene rings is 2. The number of nitriles is 1. The molecule has 21 heavy (non-hydrogen) atoms. The molecule has 0 unspecified atom stereocenters. The van der Waals surface area contributed by atoms with Gasteiger partial charge >= 0.3 is 0 Å². The number of hydrogen-bond donors (Lipinski definition) is 0. The van der Waals surface area contributed by atoms with Crippen LogP contribution in [0.15, 0.2) is 42.5 Å². The Balaban J connectivity index is 2.40. The van der Waals surface area contributed by atoms with E-state index in [0.717, 1.165) is 11.3 Å². The monoisotopic (exact) mass is 300 g/mol. The van der Waals surface area contributed by atoms with Crippen molar-refractivity contribution < 1.29 is 4.74 Å². The van der Waals surface area contributed by atoms with Crippen LogP contribution in [-0.2, 0) is 6.54 Å². The standard InChI is InChI=1S/C17H17ClN2O/c1-3-21-16-10-9-15(18)14(11-19)17(16)20(2)12-13-7-5-4-6-8-13/h4-10H,3,12H2,1-2H3. The summed E-state index contributed by atoms with van der Waals surface area (Å²) >= 11 is 6.14. The summed E-state index contributed by atoms with van der Waals surface area (Å²) in [5.41, 5.74) is 2.34. The molecule has 4 heteroatoms. The van der Waals surface area contributed by atoms with Crippen molar-refractivity contribution >= 4 is 17.3 Å². The van der Waals surface area contributed by atoms with Crippen LogP contribution in [0.4, 0.5) is 5.69 Å². The fourth-order valence-electron chi connectivity index (χ4n) is 2.24. The lowest BCUT2D eigenvalue weighted by molar-refractivity contribution is 0.340. The molecular weight excluding hydrogens is 284 g/mol. The fraction of sp³-hybridized carbons (Fsp3) is 0.235. The highest BCUT2D eigenvalue weighted by molar-refractivity contribution is 6.32. The summed E-state index contributed by atoms with van der Waals surface area (Å²) in [4.78, 5) is 1.99. The number of halogens is 1. The normalized spacial score (nSPS) is 10.0. The molecule has 0 aliphatic carbocycles. The molecule has 0 saturated carbocycles. The Bertz CT molecular complexity index is 650. The number of rotatable bonds is 5. The quantitative estimate of drug-likeness (QED) is 0.828. The molecule has 0 saturated heterocycles. The van der Waals surface area contributed by atoms with Gasteiger partial charge in [-0.15, -0.1) is 0 Å². The first kappa shape index (κ1) is 15.2. The van der Waals surface area contributed by atoms with E-state index in [1.807, 2.05) is 55.3 Å². The Hall–Kier alpha value is -2.18. The summed E-state index contributed by atoms with van der Waals surface area (Å²) in [6.45, 7) is 3.14. The van der Waals surface area contributed by atoms with Crippen LogP contribution in [0.25, 0.3) is 0 Å². The first-order valence-electron chi connectivity index (χ1n) is 6.77. The predicted molar refractivity (Wildman–Crippen MR) is 85.9 cm³/mol. The highest BCUT2D eigenvalue weighted by Crippen LogP contribution is 2.36. The van der Waals surface area contributed by atoms with Gasteiger partial charge in [0.15, 0.2) is 0 Å². The third-order valence-corrected chi connectivity index (χ3v) is 3.46. The Morgan fingerprint density at radius 1 is 1.19 bits per heavy atom. The molecule has 0 atom stereocenters. The molecule has 0 radical (unpaired) electrons. The summed E-state index contributed by atoms with van der Waals surface area (Å²) in [5, 5.41) is 9.83. The van der Waals surface area contributed by atoms with Crippen molar-refractivity contribution in [3.63, 3.8) is 0 Å². The van der Waals surface area contributed by atoms with Gasteiger partial charge in [-0.2, -0.15) is 5.26 Å². The van der Waals surface area contributed by atoms with Gasteiger partial charge in [-0.25, -0.2) is 0 Å². The largest absolute Gasteiger partial charge is 0.492 e. The molecule has 108 valence electrons. The van der Waals surface area contributed by atoms with E-state index in [4.69, 9.17) is 16.3 Å². The van der Waals surface area contributed by atoms with Gasteiger partial charge in [0.25, 0.3) is 0 Å². The maximum atomic E-state index is 9.39. The van der Waals surface area contributed by atoms with Gasteiger partial charge in [-0.1, -0.05) is 41.9 Å². The molecule has 2 aromatic carbocycles. The Morgan fingerprint density at radius 2 is 1.90 bits per heavy atom. The van der Waals surface area contributed by atoms with Crippen LogP contribution in [0.1, 0.15) is 18.1 Å². The zero-order valence-corrected chi connectivity index (χ0v) is 12.9. The first-order chi connectivity index (χ1) is 10.2. The number of hydrogen-bond acceptors (Lipinski definition) is 3. The van der Waals surface area contributed by atoms with E-state index in [1.165, 1.54) is 0 Å². The molecular formula is C17H17ClN2O. The van der Waals surface area contributed by atoms with E-state index in [9.17, 15) is 5.26 Å². The second kappa shape index (κ2) is 7.01. The first-order valence-corrected chi connectivity index (χ1v) is 7.15. The molecule has 2 aromatic rings. The van der Waals surface area contributed by atoms with E-state index >= 15 is 0 Å². The van der Waals surface area contributed by atoms with E-state index in [1.54, 1.807) is 6.07 Å². The van der Waals surface area contributed by atoms with Crippen molar-refractivity contribution in [3.05, 3.63) is 58.6 Å². The van der Waals surface area contributed by atoms with Crippen LogP contribution in [0.5, 0.6) is 5.75 Å². The number of nitrogens with zero attached hydrogens (tertiary/aromatic N) is 2. The predicted octanol–water partition coefficient (Wildman–Crippen LogP) is 4.25. The van der Waals surface area contributed by atoms with Gasteiger partial charge in [-0.3, -0.25) is 0 Å². The summed E-state index contributed by atoms with van der Waals surface area (Å²) in [5.74, 6) is 0.678. The maximum absolute atomic E-state index is 9.39. The summed E-state index contributed by atoms with van der Waals surface area (Å²) in [6.07, 6.45) is 0. The molecule has 0 heterocycles. The third kappa shape index (κ3) is 3.48. The van der Waals surface area contributed by atoms with Crippen LogP contribution in [0.2, 0.25) is 5.02 Å². The molecule has 0 amide bonds. The summed E-state index contributed by atoms with van der Waals surface area (Å²) in [7, 11) is 1.93. The Kier molecular flexibility index (Phi) is 5.08. The van der Waals surface area contributed by atoms with E-state index in [2.05, 4.69) is 6.07 Å². The molecule has 0 N–H and O–H groups in total. The van der Waals surface area contributed by atoms with Gasteiger partial charge in [0, 0.05) is 13.6 Å². The lowest BCUT2D eigenvalue weighted by Crippen LogP contribution is -2.19. The molecule has 0 fully saturated rings. The van der Waals surface area contributed by atoms with Gasteiger partial charge in [-0.05, 0) is 24.6 Å². The molecule has 3 nitrogen and oxygen atoms in total. The zero-order valence-electron chi connectivity index (χ0n) is 12.1. The van der Waals surface area contributed by atoms with Crippen molar-refractivity contribution in [2.24, 2.45) is 0 Å². The van der Waals surface area contributed by atoms with Crippen LogP contribution in [0, 0.1) is 11.3 Å². The molecule has 0 aliphatic heterocycles. The lowest BCUT2D eigenvalue weighted by atomic mass is 10.1. The van der Waals surface area contributed by atoms with Crippen LogP contribution in [0.3, 0.4) is 0 Å². The minimum atomic E-state index is 0.441. The van der Waals surface area contributed by atoms with Crippen molar-refractivity contribution in [1.82, 2.24) is 0 Å². The fourth-order valence-corrected chi connectivity index (χ4v) is 2.44. The van der Waals surface area contributed by atoms with Crippen molar-refractivity contribution in [2.75, 3.05) is 18.6 Å². The molecule has 0 aliphatic rings. The minimum Gasteiger partial charge on any atom is -0.492 e.